The van der Waals surface area contributed by atoms with E-state index in [4.69, 9.17) is 4.52 Å². The van der Waals surface area contributed by atoms with Gasteiger partial charge in [-0.25, -0.2) is 18.3 Å². The maximum absolute atomic E-state index is 15.6. The summed E-state index contributed by atoms with van der Waals surface area (Å²) >= 11 is 0. The van der Waals surface area contributed by atoms with E-state index in [0.29, 0.717) is 43.8 Å². The number of carbonyl (C=O) groups is 3. The molecule has 5 heterocycles. The van der Waals surface area contributed by atoms with Crippen LogP contribution in [0.15, 0.2) is 65.6 Å². The van der Waals surface area contributed by atoms with Crippen LogP contribution in [0.25, 0.3) is 16.8 Å². The van der Waals surface area contributed by atoms with Crippen LogP contribution in [0.3, 0.4) is 0 Å². The molecule has 2 aromatic carbocycles. The Kier molecular flexibility index (Phi) is 9.66. The summed E-state index contributed by atoms with van der Waals surface area (Å²) in [4.78, 5) is 47.0. The van der Waals surface area contributed by atoms with E-state index >= 15 is 8.78 Å². The molecule has 2 N–H and O–H groups in total. The highest BCUT2D eigenvalue weighted by atomic mass is 19.3. The molecule has 0 saturated carbocycles. The van der Waals surface area contributed by atoms with Crippen LogP contribution in [0, 0.1) is 6.92 Å². The second-order valence-electron chi connectivity index (χ2n) is 15.1. The molecule has 0 radical (unpaired) electrons. The number of hydrogen-bond acceptors (Lipinski definition) is 9. The molecule has 2 saturated heterocycles. The topological polar surface area (TPSA) is 148 Å². The molecule has 12 nitrogen and oxygen atoms in total. The highest BCUT2D eigenvalue weighted by Crippen LogP contribution is 2.41. The number of rotatable bonds is 9. The molecule has 5 aromatic rings. The van der Waals surface area contributed by atoms with Crippen LogP contribution in [-0.4, -0.2) is 72.9 Å². The lowest BCUT2D eigenvalue weighted by Gasteiger charge is -2.38. The zero-order chi connectivity index (χ0) is 37.5. The molecule has 7 rings (SSSR count). The molecule has 3 aromatic heterocycles. The van der Waals surface area contributed by atoms with E-state index in [1.54, 1.807) is 28.8 Å². The molecular weight excluding hydrogens is 682 g/mol. The van der Waals surface area contributed by atoms with E-state index in [1.807, 2.05) is 63.1 Å². The van der Waals surface area contributed by atoms with Crippen molar-refractivity contribution in [3.05, 3.63) is 101 Å². The second kappa shape index (κ2) is 14.2. The number of alkyl halides is 2. The highest BCUT2D eigenvalue weighted by Gasteiger charge is 2.45. The third-order valence-corrected chi connectivity index (χ3v) is 10.2. The van der Waals surface area contributed by atoms with Crippen LogP contribution < -0.4 is 10.6 Å². The van der Waals surface area contributed by atoms with Crippen molar-refractivity contribution in [3.63, 3.8) is 0 Å². The van der Waals surface area contributed by atoms with Crippen LogP contribution in [0.4, 0.5) is 8.78 Å². The van der Waals surface area contributed by atoms with Crippen molar-refractivity contribution >= 4 is 23.2 Å². The zero-order valence-electron chi connectivity index (χ0n) is 30.2. The minimum Gasteiger partial charge on any atom is -0.345 e. The van der Waals surface area contributed by atoms with Gasteiger partial charge >= 0.3 is 0 Å². The third kappa shape index (κ3) is 7.73. The number of nitrogens with zero attached hydrogens (tertiary/aromatic N) is 6. The predicted octanol–water partition coefficient (Wildman–Crippen LogP) is 5.50. The summed E-state index contributed by atoms with van der Waals surface area (Å²) in [6, 6.07) is 14.8. The number of aromatic nitrogens is 5. The molecule has 2 aliphatic heterocycles. The van der Waals surface area contributed by atoms with Crippen LogP contribution in [0.2, 0.25) is 0 Å². The lowest BCUT2D eigenvalue weighted by atomic mass is 9.84. The Labute approximate surface area is 305 Å². The van der Waals surface area contributed by atoms with Crippen LogP contribution in [0.1, 0.15) is 96.2 Å². The van der Waals surface area contributed by atoms with Crippen LogP contribution in [0.5, 0.6) is 0 Å². The van der Waals surface area contributed by atoms with Crippen LogP contribution >= 0.6 is 0 Å². The number of amides is 3. The number of carbonyl (C=O) groups excluding carboxylic acids is 3. The van der Waals surface area contributed by atoms with Crippen molar-refractivity contribution in [2.75, 3.05) is 19.6 Å². The number of nitrogens with one attached hydrogen (secondary N) is 2. The van der Waals surface area contributed by atoms with Gasteiger partial charge in [0.1, 0.15) is 6.33 Å². The first kappa shape index (κ1) is 36.0. The SMILES string of the molecule is Cc1cc(-c2ncnn3cc(CCN4CCC(c5ccc(C6CCC(=O)NC6=O)cc5)C(F)(F)C4)cc23)ccc1CNC(=O)c1noc(C(C)(C)C)n1. The Morgan fingerprint density at radius 3 is 2.55 bits per heavy atom. The number of likely N-dealkylation sites (tertiary alicyclic amines) is 1. The van der Waals surface area contributed by atoms with Gasteiger partial charge in [-0.2, -0.15) is 10.1 Å². The van der Waals surface area contributed by atoms with Gasteiger partial charge in [0.25, 0.3) is 17.7 Å². The maximum Gasteiger partial charge on any atom is 0.292 e. The van der Waals surface area contributed by atoms with E-state index in [9.17, 15) is 14.4 Å². The number of fused-ring (bicyclic) bond motifs is 1. The monoisotopic (exact) mass is 724 g/mol. The average Bonchev–Trinajstić information content (AvgIpc) is 3.78. The summed E-state index contributed by atoms with van der Waals surface area (Å²) in [5, 5.41) is 13.4. The number of benzene rings is 2. The minimum atomic E-state index is -2.92. The number of halogens is 2. The third-order valence-electron chi connectivity index (χ3n) is 10.2. The van der Waals surface area contributed by atoms with E-state index in [0.717, 1.165) is 39.0 Å². The van der Waals surface area contributed by atoms with Gasteiger partial charge in [-0.15, -0.1) is 0 Å². The summed E-state index contributed by atoms with van der Waals surface area (Å²) in [7, 11) is 0. The van der Waals surface area contributed by atoms with Gasteiger partial charge < -0.3 is 9.84 Å². The van der Waals surface area contributed by atoms with Gasteiger partial charge in [0.05, 0.1) is 29.6 Å². The Morgan fingerprint density at radius 1 is 1.08 bits per heavy atom. The number of aryl methyl sites for hydroxylation is 1. The molecule has 53 heavy (non-hydrogen) atoms. The molecular formula is C39H42F2N8O4. The smallest absolute Gasteiger partial charge is 0.292 e. The molecule has 3 amide bonds. The lowest BCUT2D eigenvalue weighted by molar-refractivity contribution is -0.134. The van der Waals surface area contributed by atoms with Gasteiger partial charge in [-0.05, 0) is 72.7 Å². The Hall–Kier alpha value is -5.37. The standard InChI is InChI=1S/C39H42F2N8O4/c1-23-17-27(9-10-28(23)19-42-36(52)34-46-37(53-47-34)38(2,3)4)33-31-18-24(20-49(31)44-22-43-33)13-15-48-16-14-30(39(40,41)21-48)26-7-5-25(6-8-26)29-11-12-32(50)45-35(29)51/h5-10,17-18,20,22,29-30H,11-16,19,21H2,1-4H3,(H,42,52)(H,45,50,51). The fourth-order valence-corrected chi connectivity index (χ4v) is 7.13. The van der Waals surface area contributed by atoms with Crippen molar-refractivity contribution < 1.29 is 27.7 Å². The zero-order valence-corrected chi connectivity index (χ0v) is 30.2. The van der Waals surface area contributed by atoms with Gasteiger partial charge in [-0.1, -0.05) is 62.3 Å². The van der Waals surface area contributed by atoms with Gasteiger partial charge in [0.2, 0.25) is 17.7 Å². The lowest BCUT2D eigenvalue weighted by Crippen LogP contribution is -2.47. The fraction of sp³-hybridized carbons (Fsp3) is 0.410. The van der Waals surface area contributed by atoms with Crippen molar-refractivity contribution in [1.82, 2.24) is 40.3 Å². The number of piperidine rings is 2. The van der Waals surface area contributed by atoms with Gasteiger partial charge in [-0.3, -0.25) is 24.6 Å². The first-order chi connectivity index (χ1) is 25.2. The molecule has 0 bridgehead atoms. The first-order valence-electron chi connectivity index (χ1n) is 17.8. The molecule has 2 fully saturated rings. The van der Waals surface area contributed by atoms with Gasteiger partial charge in [0.15, 0.2) is 0 Å². The predicted molar refractivity (Wildman–Crippen MR) is 191 cm³/mol. The number of imide groups is 1. The minimum absolute atomic E-state index is 0.00883. The largest absolute Gasteiger partial charge is 0.345 e. The molecule has 276 valence electrons. The molecule has 14 heteroatoms. The summed E-state index contributed by atoms with van der Waals surface area (Å²) in [5.74, 6) is -4.94. The van der Waals surface area contributed by atoms with E-state index in [1.165, 1.54) is 6.33 Å². The Morgan fingerprint density at radius 2 is 1.85 bits per heavy atom. The van der Waals surface area contributed by atoms with E-state index < -0.39 is 23.7 Å². The number of hydrogen-bond donors (Lipinski definition) is 2. The Balaban J connectivity index is 0.963. The molecule has 0 spiro atoms. The van der Waals surface area contributed by atoms with Crippen molar-refractivity contribution in [3.8, 4) is 11.3 Å². The summed E-state index contributed by atoms with van der Waals surface area (Å²) in [5.41, 5.74) is 6.21. The quantitative estimate of drug-likeness (QED) is 0.188. The normalized spacial score (nSPS) is 19.4. The summed E-state index contributed by atoms with van der Waals surface area (Å²) < 4.78 is 38.1. The molecule has 0 aliphatic carbocycles. The highest BCUT2D eigenvalue weighted by molar-refractivity contribution is 6.00. The fourth-order valence-electron chi connectivity index (χ4n) is 7.13. The Bertz CT molecular complexity index is 2170. The molecule has 2 unspecified atom stereocenters. The van der Waals surface area contributed by atoms with Crippen LogP contribution in [-0.2, 0) is 28.0 Å². The average molecular weight is 725 g/mol. The van der Waals surface area contributed by atoms with Crippen molar-refractivity contribution in [1.29, 1.82) is 0 Å². The van der Waals surface area contributed by atoms with Crippen molar-refractivity contribution in [2.24, 2.45) is 0 Å². The maximum atomic E-state index is 15.6. The second-order valence-corrected chi connectivity index (χ2v) is 15.1. The first-order valence-corrected chi connectivity index (χ1v) is 17.8. The van der Waals surface area contributed by atoms with Gasteiger partial charge in [0, 0.05) is 36.7 Å². The summed E-state index contributed by atoms with van der Waals surface area (Å²) in [6.45, 7) is 8.70. The van der Waals surface area contributed by atoms with E-state index in [-0.39, 0.29) is 42.6 Å². The molecule has 2 aliphatic rings. The van der Waals surface area contributed by atoms with Crippen molar-refractivity contribution in [2.45, 2.75) is 83.1 Å². The molecule has 2 atom stereocenters. The van der Waals surface area contributed by atoms with E-state index in [2.05, 4.69) is 30.9 Å². The summed E-state index contributed by atoms with van der Waals surface area (Å²) in [6.07, 6.45) is 4.97.